The van der Waals surface area contributed by atoms with Crippen LogP contribution in [0.4, 0.5) is 10.5 Å². The van der Waals surface area contributed by atoms with Gasteiger partial charge in [0.2, 0.25) is 0 Å². The molecule has 0 spiro atoms. The molecule has 196 valence electrons. The van der Waals surface area contributed by atoms with Gasteiger partial charge in [-0.3, -0.25) is 14.7 Å². The summed E-state index contributed by atoms with van der Waals surface area (Å²) in [7, 11) is 0. The fourth-order valence-electron chi connectivity index (χ4n) is 4.11. The van der Waals surface area contributed by atoms with E-state index in [4.69, 9.17) is 33.3 Å². The van der Waals surface area contributed by atoms with Crippen LogP contribution in [-0.2, 0) is 16.1 Å². The fraction of sp³-hybridized carbons (Fsp3) is 0.360. The van der Waals surface area contributed by atoms with E-state index < -0.39 is 12.1 Å². The number of aromatic nitrogens is 1. The zero-order valence-corrected chi connectivity index (χ0v) is 21.8. The average molecular weight is 546 g/mol. The summed E-state index contributed by atoms with van der Waals surface area (Å²) in [5.74, 6) is 0.256. The smallest absolute Gasteiger partial charge is 0.407 e. The lowest BCUT2D eigenvalue weighted by Crippen LogP contribution is -2.50. The molecule has 3 heterocycles. The monoisotopic (exact) mass is 545 g/mol. The molecule has 2 aliphatic rings. The summed E-state index contributed by atoms with van der Waals surface area (Å²) in [5.41, 5.74) is 3.45. The highest BCUT2D eigenvalue weighted by atomic mass is 35.5. The highest BCUT2D eigenvalue weighted by Gasteiger charge is 2.28. The zero-order chi connectivity index (χ0) is 26.4. The maximum atomic E-state index is 12.8. The van der Waals surface area contributed by atoms with Gasteiger partial charge in [0.1, 0.15) is 17.3 Å². The van der Waals surface area contributed by atoms with Crippen LogP contribution < -0.4 is 20.7 Å². The molecule has 37 heavy (non-hydrogen) atoms. The van der Waals surface area contributed by atoms with Gasteiger partial charge < -0.3 is 30.5 Å². The number of hydrogen-bond donors (Lipinski definition) is 4. The number of anilines is 1. The lowest BCUT2D eigenvalue weighted by molar-refractivity contribution is -0.117. The summed E-state index contributed by atoms with van der Waals surface area (Å²) in [6.45, 7) is 3.77. The number of carboxylic acid groups (broad SMARTS) is 1. The lowest BCUT2D eigenvalue weighted by Gasteiger charge is -2.33. The minimum atomic E-state index is -1.00. The Bertz CT molecular complexity index is 1220. The molecule has 0 bridgehead atoms. The molecule has 1 atom stereocenters. The SMILES string of the molecule is Cc1c(Cl)cccc1NC(=S)C1=C(NCc2ccncc2OC[C@H]2COCCN2C(=O)O)CCNC1=O. The number of rotatable bonds is 8. The summed E-state index contributed by atoms with van der Waals surface area (Å²) in [6, 6.07) is 6.85. The maximum absolute atomic E-state index is 12.8. The quantitative estimate of drug-likeness (QED) is 0.370. The molecule has 1 aromatic carbocycles. The van der Waals surface area contributed by atoms with Gasteiger partial charge in [0.15, 0.2) is 0 Å². The van der Waals surface area contributed by atoms with Crippen molar-refractivity contribution in [2.24, 2.45) is 0 Å². The molecule has 1 saturated heterocycles. The molecule has 0 radical (unpaired) electrons. The summed E-state index contributed by atoms with van der Waals surface area (Å²) in [4.78, 5) is 30.0. The van der Waals surface area contributed by atoms with Gasteiger partial charge in [-0.2, -0.15) is 0 Å². The third-order valence-corrected chi connectivity index (χ3v) is 6.91. The van der Waals surface area contributed by atoms with Gasteiger partial charge in [0.25, 0.3) is 5.91 Å². The topological polar surface area (TPSA) is 125 Å². The Labute approximate surface area is 225 Å². The van der Waals surface area contributed by atoms with Crippen molar-refractivity contribution in [2.45, 2.75) is 25.9 Å². The van der Waals surface area contributed by atoms with Crippen molar-refractivity contribution in [1.82, 2.24) is 20.5 Å². The molecule has 0 saturated carbocycles. The second kappa shape index (κ2) is 12.2. The Morgan fingerprint density at radius 1 is 1.41 bits per heavy atom. The van der Waals surface area contributed by atoms with Crippen molar-refractivity contribution in [3.63, 3.8) is 0 Å². The Morgan fingerprint density at radius 2 is 2.24 bits per heavy atom. The molecular formula is C25H28ClN5O5S. The first kappa shape index (κ1) is 26.6. The van der Waals surface area contributed by atoms with E-state index in [1.165, 1.54) is 4.90 Å². The number of benzene rings is 1. The van der Waals surface area contributed by atoms with Gasteiger partial charge in [0, 0.05) is 54.2 Å². The van der Waals surface area contributed by atoms with Gasteiger partial charge in [0.05, 0.1) is 31.0 Å². The average Bonchev–Trinajstić information content (AvgIpc) is 2.89. The van der Waals surface area contributed by atoms with Crippen molar-refractivity contribution < 1.29 is 24.2 Å². The standard InChI is InChI=1S/C25H28ClN5O5S/c1-15-18(26)3-2-4-19(15)30-24(37)22-20(6-8-28-23(22)32)29-11-16-5-7-27-12-21(16)36-14-17-13-35-10-9-31(17)25(33)34/h2-5,7,12,17,29H,6,8-11,13-14H2,1H3,(H,28,32)(H,30,37)(H,33,34)/t17-/m1/s1. The number of nitrogens with one attached hydrogen (secondary N) is 3. The number of halogens is 1. The van der Waals surface area contributed by atoms with Crippen LogP contribution in [0.15, 0.2) is 47.9 Å². The molecule has 1 aromatic heterocycles. The number of morpholine rings is 1. The zero-order valence-electron chi connectivity index (χ0n) is 20.3. The Morgan fingerprint density at radius 3 is 3.05 bits per heavy atom. The van der Waals surface area contributed by atoms with Gasteiger partial charge in [-0.15, -0.1) is 0 Å². The third-order valence-electron chi connectivity index (χ3n) is 6.20. The summed E-state index contributed by atoms with van der Waals surface area (Å²) >= 11 is 11.8. The van der Waals surface area contributed by atoms with Crippen LogP contribution in [0.25, 0.3) is 0 Å². The predicted molar refractivity (Wildman–Crippen MR) is 143 cm³/mol. The van der Waals surface area contributed by atoms with E-state index >= 15 is 0 Å². The van der Waals surface area contributed by atoms with Crippen molar-refractivity contribution >= 4 is 46.5 Å². The van der Waals surface area contributed by atoms with Crippen LogP contribution in [0.2, 0.25) is 5.02 Å². The second-order valence-corrected chi connectivity index (χ2v) is 9.39. The molecule has 0 unspecified atom stereocenters. The minimum absolute atomic E-state index is 0.133. The van der Waals surface area contributed by atoms with Gasteiger partial charge in [-0.1, -0.05) is 29.9 Å². The van der Waals surface area contributed by atoms with Crippen LogP contribution in [0.1, 0.15) is 17.5 Å². The first-order valence-corrected chi connectivity index (χ1v) is 12.6. The van der Waals surface area contributed by atoms with Crippen LogP contribution in [0, 0.1) is 6.92 Å². The Balaban J connectivity index is 1.47. The molecule has 2 aliphatic heterocycles. The fourth-order valence-corrected chi connectivity index (χ4v) is 4.61. The number of nitrogens with zero attached hydrogens (tertiary/aromatic N) is 2. The molecule has 4 N–H and O–H groups in total. The largest absolute Gasteiger partial charge is 0.489 e. The summed E-state index contributed by atoms with van der Waals surface area (Å²) < 4.78 is 11.4. The van der Waals surface area contributed by atoms with E-state index in [0.29, 0.717) is 59.7 Å². The van der Waals surface area contributed by atoms with E-state index in [2.05, 4.69) is 20.9 Å². The molecule has 1 fully saturated rings. The third kappa shape index (κ3) is 6.48. The molecular weight excluding hydrogens is 518 g/mol. The number of ether oxygens (including phenoxy) is 2. The minimum Gasteiger partial charge on any atom is -0.489 e. The first-order chi connectivity index (χ1) is 17.8. The molecule has 12 heteroatoms. The number of carbonyl (C=O) groups is 2. The van der Waals surface area contributed by atoms with Crippen LogP contribution in [-0.4, -0.2) is 70.9 Å². The molecule has 4 rings (SSSR count). The van der Waals surface area contributed by atoms with Crippen molar-refractivity contribution in [3.05, 3.63) is 64.1 Å². The van der Waals surface area contributed by atoms with Crippen molar-refractivity contribution in [2.75, 3.05) is 38.2 Å². The highest BCUT2D eigenvalue weighted by Crippen LogP contribution is 2.25. The molecule has 2 aromatic rings. The van der Waals surface area contributed by atoms with Crippen LogP contribution >= 0.6 is 23.8 Å². The van der Waals surface area contributed by atoms with E-state index in [0.717, 1.165) is 16.8 Å². The highest BCUT2D eigenvalue weighted by molar-refractivity contribution is 7.81. The van der Waals surface area contributed by atoms with Crippen molar-refractivity contribution in [3.8, 4) is 5.75 Å². The number of carbonyl (C=O) groups excluding carboxylic acids is 1. The first-order valence-electron chi connectivity index (χ1n) is 11.8. The van der Waals surface area contributed by atoms with E-state index in [-0.39, 0.29) is 19.1 Å². The van der Waals surface area contributed by atoms with Crippen LogP contribution in [0.5, 0.6) is 5.75 Å². The normalized spacial score (nSPS) is 17.7. The van der Waals surface area contributed by atoms with Gasteiger partial charge in [-0.05, 0) is 30.7 Å². The number of thiocarbonyl (C=S) groups is 1. The Kier molecular flexibility index (Phi) is 8.80. The number of pyridine rings is 1. The van der Waals surface area contributed by atoms with E-state index in [1.54, 1.807) is 18.5 Å². The van der Waals surface area contributed by atoms with Crippen molar-refractivity contribution in [1.29, 1.82) is 0 Å². The maximum Gasteiger partial charge on any atom is 0.407 e. The number of hydrogen-bond acceptors (Lipinski definition) is 7. The lowest BCUT2D eigenvalue weighted by atomic mass is 10.1. The van der Waals surface area contributed by atoms with Gasteiger partial charge in [-0.25, -0.2) is 4.79 Å². The molecule has 0 aliphatic carbocycles. The summed E-state index contributed by atoms with van der Waals surface area (Å²) in [6.07, 6.45) is 2.81. The van der Waals surface area contributed by atoms with Crippen LogP contribution in [0.3, 0.4) is 0 Å². The predicted octanol–water partition coefficient (Wildman–Crippen LogP) is 3.10. The molecule has 10 nitrogen and oxygen atoms in total. The number of amides is 2. The Hall–Kier alpha value is -3.41. The molecule has 2 amide bonds. The van der Waals surface area contributed by atoms with E-state index in [1.807, 2.05) is 25.1 Å². The van der Waals surface area contributed by atoms with E-state index in [9.17, 15) is 14.7 Å². The van der Waals surface area contributed by atoms with Gasteiger partial charge >= 0.3 is 6.09 Å². The second-order valence-electron chi connectivity index (χ2n) is 8.58. The summed E-state index contributed by atoms with van der Waals surface area (Å²) in [5, 5.41) is 19.4.